The smallest absolute Gasteiger partial charge is 0.254 e. The van der Waals surface area contributed by atoms with Gasteiger partial charge in [-0.15, -0.1) is 0 Å². The van der Waals surface area contributed by atoms with E-state index in [-0.39, 0.29) is 24.3 Å². The molecule has 0 bridgehead atoms. The zero-order valence-corrected chi connectivity index (χ0v) is 15.9. The monoisotopic (exact) mass is 369 g/mol. The van der Waals surface area contributed by atoms with E-state index in [2.05, 4.69) is 15.3 Å². The topological polar surface area (TPSA) is 87.7 Å². The number of hydrogen-bond donors (Lipinski definition) is 1. The second-order valence-corrected chi connectivity index (χ2v) is 6.64. The van der Waals surface area contributed by atoms with Gasteiger partial charge in [-0.05, 0) is 19.1 Å². The number of nitrogens with zero attached hydrogens (tertiary/aromatic N) is 4. The van der Waals surface area contributed by atoms with Crippen molar-refractivity contribution in [1.82, 2.24) is 15.3 Å². The summed E-state index contributed by atoms with van der Waals surface area (Å²) in [6.45, 7) is 2.18. The Morgan fingerprint density at radius 3 is 2.81 bits per heavy atom. The Balaban J connectivity index is 1.70. The van der Waals surface area contributed by atoms with E-state index < -0.39 is 0 Å². The third-order valence-electron chi connectivity index (χ3n) is 4.44. The Morgan fingerprint density at radius 2 is 2.15 bits per heavy atom. The minimum absolute atomic E-state index is 0.0375. The maximum Gasteiger partial charge on any atom is 0.254 e. The SMILES string of the molecule is COc1cccc(N2CC(NC(=O)c3cnc(N(C)C)nc3C)CC2=O)c1. The van der Waals surface area contributed by atoms with Crippen LogP contribution < -0.4 is 19.9 Å². The number of amides is 2. The lowest BCUT2D eigenvalue weighted by molar-refractivity contribution is -0.117. The van der Waals surface area contributed by atoms with Crippen LogP contribution in [-0.4, -0.2) is 55.6 Å². The molecule has 1 aromatic heterocycles. The molecule has 0 radical (unpaired) electrons. The molecule has 1 aromatic carbocycles. The summed E-state index contributed by atoms with van der Waals surface area (Å²) >= 11 is 0. The number of aromatic nitrogens is 2. The first-order valence-corrected chi connectivity index (χ1v) is 8.65. The van der Waals surface area contributed by atoms with E-state index in [0.717, 1.165) is 5.69 Å². The molecule has 1 aliphatic rings. The number of carbonyl (C=O) groups is 2. The van der Waals surface area contributed by atoms with E-state index >= 15 is 0 Å². The van der Waals surface area contributed by atoms with Crippen molar-refractivity contribution in [2.45, 2.75) is 19.4 Å². The summed E-state index contributed by atoms with van der Waals surface area (Å²) in [4.78, 5) is 36.9. The summed E-state index contributed by atoms with van der Waals surface area (Å²) in [5.74, 6) is 0.915. The van der Waals surface area contributed by atoms with Crippen LogP contribution in [0.2, 0.25) is 0 Å². The maximum atomic E-state index is 12.6. The summed E-state index contributed by atoms with van der Waals surface area (Å²) in [6, 6.07) is 7.04. The van der Waals surface area contributed by atoms with Gasteiger partial charge in [-0.25, -0.2) is 9.97 Å². The van der Waals surface area contributed by atoms with Crippen molar-refractivity contribution in [2.75, 3.05) is 37.5 Å². The molecule has 8 heteroatoms. The van der Waals surface area contributed by atoms with Gasteiger partial charge in [-0.2, -0.15) is 0 Å². The van der Waals surface area contributed by atoms with Gasteiger partial charge < -0.3 is 19.9 Å². The quantitative estimate of drug-likeness (QED) is 0.857. The lowest BCUT2D eigenvalue weighted by Gasteiger charge is -2.18. The molecule has 0 aliphatic carbocycles. The maximum absolute atomic E-state index is 12.6. The highest BCUT2D eigenvalue weighted by molar-refractivity contribution is 5.99. The molecule has 2 aromatic rings. The van der Waals surface area contributed by atoms with Crippen molar-refractivity contribution < 1.29 is 14.3 Å². The van der Waals surface area contributed by atoms with Gasteiger partial charge in [0.1, 0.15) is 5.75 Å². The zero-order valence-electron chi connectivity index (χ0n) is 15.9. The molecule has 3 rings (SSSR count). The summed E-state index contributed by atoms with van der Waals surface area (Å²) < 4.78 is 5.21. The molecule has 2 heterocycles. The molecule has 142 valence electrons. The van der Waals surface area contributed by atoms with Crippen molar-refractivity contribution in [3.8, 4) is 5.75 Å². The summed E-state index contributed by atoms with van der Waals surface area (Å²) in [6.07, 6.45) is 1.77. The molecule has 27 heavy (non-hydrogen) atoms. The molecular formula is C19H23N5O3. The van der Waals surface area contributed by atoms with Crippen LogP contribution >= 0.6 is 0 Å². The largest absolute Gasteiger partial charge is 0.497 e. The number of rotatable bonds is 5. The average molecular weight is 369 g/mol. The van der Waals surface area contributed by atoms with Crippen LogP contribution in [0.5, 0.6) is 5.75 Å². The number of benzene rings is 1. The normalized spacial score (nSPS) is 16.4. The first-order valence-electron chi connectivity index (χ1n) is 8.65. The van der Waals surface area contributed by atoms with Gasteiger partial charge in [0.2, 0.25) is 11.9 Å². The number of ether oxygens (including phenoxy) is 1. The highest BCUT2D eigenvalue weighted by Crippen LogP contribution is 2.25. The molecule has 1 fully saturated rings. The predicted octanol–water partition coefficient (Wildman–Crippen LogP) is 1.39. The van der Waals surface area contributed by atoms with Crippen LogP contribution in [0.3, 0.4) is 0 Å². The second kappa shape index (κ2) is 7.61. The van der Waals surface area contributed by atoms with E-state index in [0.29, 0.717) is 29.5 Å². The molecule has 1 saturated heterocycles. The average Bonchev–Trinajstić information content (AvgIpc) is 3.01. The van der Waals surface area contributed by atoms with Crippen LogP contribution in [0.4, 0.5) is 11.6 Å². The Bertz CT molecular complexity index is 868. The Labute approximate surface area is 158 Å². The van der Waals surface area contributed by atoms with E-state index in [4.69, 9.17) is 4.74 Å². The van der Waals surface area contributed by atoms with E-state index in [1.807, 2.05) is 32.3 Å². The lowest BCUT2D eigenvalue weighted by atomic mass is 10.2. The molecule has 0 spiro atoms. The van der Waals surface area contributed by atoms with Gasteiger partial charge in [-0.1, -0.05) is 6.07 Å². The minimum atomic E-state index is -0.275. The third-order valence-corrected chi connectivity index (χ3v) is 4.44. The van der Waals surface area contributed by atoms with Gasteiger partial charge in [-0.3, -0.25) is 9.59 Å². The molecule has 1 atom stereocenters. The first kappa shape index (κ1) is 18.6. The Kier molecular flexibility index (Phi) is 5.25. The van der Waals surface area contributed by atoms with Gasteiger partial charge >= 0.3 is 0 Å². The van der Waals surface area contributed by atoms with Crippen LogP contribution in [0.15, 0.2) is 30.5 Å². The zero-order chi connectivity index (χ0) is 19.6. The first-order chi connectivity index (χ1) is 12.9. The predicted molar refractivity (Wildman–Crippen MR) is 102 cm³/mol. The van der Waals surface area contributed by atoms with Crippen molar-refractivity contribution in [1.29, 1.82) is 0 Å². The Hall–Kier alpha value is -3.16. The fourth-order valence-electron chi connectivity index (χ4n) is 2.99. The Morgan fingerprint density at radius 1 is 1.37 bits per heavy atom. The van der Waals surface area contributed by atoms with E-state index in [1.165, 1.54) is 6.20 Å². The van der Waals surface area contributed by atoms with Crippen LogP contribution in [0.25, 0.3) is 0 Å². The van der Waals surface area contributed by atoms with Crippen LogP contribution in [-0.2, 0) is 4.79 Å². The van der Waals surface area contributed by atoms with Gasteiger partial charge in [0.05, 0.1) is 24.4 Å². The van der Waals surface area contributed by atoms with Gasteiger partial charge in [0.25, 0.3) is 5.91 Å². The standard InChI is InChI=1S/C19H23N5O3/c1-12-16(10-20-19(21-12)23(2)3)18(26)22-13-8-17(25)24(11-13)14-6-5-7-15(9-14)27-4/h5-7,9-10,13H,8,11H2,1-4H3,(H,22,26). The summed E-state index contributed by atoms with van der Waals surface area (Å²) in [7, 11) is 5.26. The van der Waals surface area contributed by atoms with Crippen LogP contribution in [0, 0.1) is 6.92 Å². The second-order valence-electron chi connectivity index (χ2n) is 6.64. The van der Waals surface area contributed by atoms with E-state index in [1.54, 1.807) is 29.9 Å². The number of nitrogens with one attached hydrogen (secondary N) is 1. The third kappa shape index (κ3) is 3.99. The molecule has 1 unspecified atom stereocenters. The van der Waals surface area contributed by atoms with E-state index in [9.17, 15) is 9.59 Å². The molecule has 8 nitrogen and oxygen atoms in total. The van der Waals surface area contributed by atoms with Gasteiger partial charge in [0.15, 0.2) is 0 Å². The van der Waals surface area contributed by atoms with Crippen LogP contribution in [0.1, 0.15) is 22.5 Å². The number of anilines is 2. The lowest BCUT2D eigenvalue weighted by Crippen LogP contribution is -2.37. The number of aryl methyl sites for hydroxylation is 1. The molecule has 1 aliphatic heterocycles. The highest BCUT2D eigenvalue weighted by Gasteiger charge is 2.32. The molecular weight excluding hydrogens is 346 g/mol. The molecule has 2 amide bonds. The summed E-state index contributed by atoms with van der Waals surface area (Å²) in [5, 5.41) is 2.92. The fraction of sp³-hybridized carbons (Fsp3) is 0.368. The van der Waals surface area contributed by atoms with Crippen molar-refractivity contribution in [2.24, 2.45) is 0 Å². The number of carbonyl (C=O) groups excluding carboxylic acids is 2. The number of hydrogen-bond acceptors (Lipinski definition) is 6. The minimum Gasteiger partial charge on any atom is -0.497 e. The number of methoxy groups -OCH3 is 1. The fourth-order valence-corrected chi connectivity index (χ4v) is 2.99. The highest BCUT2D eigenvalue weighted by atomic mass is 16.5. The van der Waals surface area contributed by atoms with Gasteiger partial charge in [0, 0.05) is 45.0 Å². The molecule has 1 N–H and O–H groups in total. The van der Waals surface area contributed by atoms with Crippen molar-refractivity contribution >= 4 is 23.5 Å². The van der Waals surface area contributed by atoms with Crippen molar-refractivity contribution in [3.63, 3.8) is 0 Å². The van der Waals surface area contributed by atoms with Crippen molar-refractivity contribution in [3.05, 3.63) is 41.7 Å². The summed E-state index contributed by atoms with van der Waals surface area (Å²) in [5.41, 5.74) is 1.76. The molecule has 0 saturated carbocycles.